The van der Waals surface area contributed by atoms with Gasteiger partial charge in [-0.3, -0.25) is 4.79 Å². The van der Waals surface area contributed by atoms with Gasteiger partial charge >= 0.3 is 6.18 Å². The molecule has 1 saturated heterocycles. The van der Waals surface area contributed by atoms with Crippen molar-refractivity contribution in [2.24, 2.45) is 5.73 Å². The summed E-state index contributed by atoms with van der Waals surface area (Å²) in [5.74, 6) is -0.729. The van der Waals surface area contributed by atoms with E-state index in [-0.39, 0.29) is 6.42 Å². The standard InChI is InChI=1S/C5H7F3N2O/c6-5(7,8)3-1-2(9)4(11)10-3/h2-3H,1,9H2,(H,10,11)/t2-,3+/m0/s1. The quantitative estimate of drug-likeness (QED) is 0.524. The smallest absolute Gasteiger partial charge is 0.343 e. The summed E-state index contributed by atoms with van der Waals surface area (Å²) < 4.78 is 35.5. The Bertz CT molecular complexity index is 179. The molecule has 6 heteroatoms. The fraction of sp³-hybridized carbons (Fsp3) is 0.800. The molecule has 1 aliphatic rings. The van der Waals surface area contributed by atoms with Crippen LogP contribution in [-0.2, 0) is 4.79 Å². The van der Waals surface area contributed by atoms with Gasteiger partial charge in [0.05, 0.1) is 6.04 Å². The Morgan fingerprint density at radius 2 is 2.09 bits per heavy atom. The fourth-order valence-electron chi connectivity index (χ4n) is 0.914. The minimum absolute atomic E-state index is 0.359. The maximum absolute atomic E-state index is 11.8. The highest BCUT2D eigenvalue weighted by molar-refractivity contribution is 5.84. The van der Waals surface area contributed by atoms with E-state index in [0.717, 1.165) is 0 Å². The Balaban J connectivity index is 2.61. The first-order valence-electron chi connectivity index (χ1n) is 3.04. The zero-order valence-corrected chi connectivity index (χ0v) is 5.48. The van der Waals surface area contributed by atoms with Crippen LogP contribution >= 0.6 is 0 Å². The first kappa shape index (κ1) is 8.32. The van der Waals surface area contributed by atoms with Crippen molar-refractivity contribution in [3.05, 3.63) is 0 Å². The molecule has 1 heterocycles. The van der Waals surface area contributed by atoms with Gasteiger partial charge in [-0.1, -0.05) is 0 Å². The van der Waals surface area contributed by atoms with Crippen LogP contribution < -0.4 is 11.1 Å². The van der Waals surface area contributed by atoms with E-state index in [2.05, 4.69) is 0 Å². The molecule has 3 N–H and O–H groups in total. The van der Waals surface area contributed by atoms with Crippen LogP contribution in [0.15, 0.2) is 0 Å². The van der Waals surface area contributed by atoms with Crippen molar-refractivity contribution in [1.29, 1.82) is 0 Å². The molecule has 0 aromatic rings. The van der Waals surface area contributed by atoms with E-state index in [1.165, 1.54) is 0 Å². The third-order valence-electron chi connectivity index (χ3n) is 1.54. The number of nitrogens with one attached hydrogen (secondary N) is 1. The molecule has 0 aliphatic carbocycles. The van der Waals surface area contributed by atoms with Crippen LogP contribution in [0.2, 0.25) is 0 Å². The molecule has 1 rings (SSSR count). The number of hydrogen-bond donors (Lipinski definition) is 2. The van der Waals surface area contributed by atoms with Crippen molar-refractivity contribution in [3.63, 3.8) is 0 Å². The van der Waals surface area contributed by atoms with Gasteiger partial charge < -0.3 is 11.1 Å². The molecule has 1 fully saturated rings. The maximum atomic E-state index is 11.8. The van der Waals surface area contributed by atoms with Crippen molar-refractivity contribution in [2.75, 3.05) is 0 Å². The van der Waals surface area contributed by atoms with Gasteiger partial charge in [0.25, 0.3) is 0 Å². The Hall–Kier alpha value is -0.780. The van der Waals surface area contributed by atoms with Crippen molar-refractivity contribution >= 4 is 5.91 Å². The van der Waals surface area contributed by atoms with Crippen LogP contribution in [0.5, 0.6) is 0 Å². The van der Waals surface area contributed by atoms with Gasteiger partial charge in [-0.05, 0) is 0 Å². The van der Waals surface area contributed by atoms with Gasteiger partial charge in [0.1, 0.15) is 6.04 Å². The second-order valence-electron chi connectivity index (χ2n) is 2.44. The molecule has 2 atom stereocenters. The molecule has 11 heavy (non-hydrogen) atoms. The number of carbonyl (C=O) groups excluding carboxylic acids is 1. The number of carbonyl (C=O) groups is 1. The second kappa shape index (κ2) is 2.37. The van der Waals surface area contributed by atoms with Crippen LogP contribution in [0.25, 0.3) is 0 Å². The lowest BCUT2D eigenvalue weighted by molar-refractivity contribution is -0.154. The summed E-state index contributed by atoms with van der Waals surface area (Å²) in [6, 6.07) is -2.77. The largest absolute Gasteiger partial charge is 0.408 e. The van der Waals surface area contributed by atoms with Crippen LogP contribution in [0.4, 0.5) is 13.2 Å². The highest BCUT2D eigenvalue weighted by Gasteiger charge is 2.46. The Kier molecular flexibility index (Phi) is 1.79. The SMILES string of the molecule is N[C@H]1C[C@H](C(F)(F)F)NC1=O. The first-order valence-corrected chi connectivity index (χ1v) is 3.04. The third-order valence-corrected chi connectivity index (χ3v) is 1.54. The first-order chi connectivity index (χ1) is 4.91. The number of halogens is 3. The van der Waals surface area contributed by atoms with Crippen molar-refractivity contribution < 1.29 is 18.0 Å². The molecule has 1 aliphatic heterocycles. The summed E-state index contributed by atoms with van der Waals surface area (Å²) in [7, 11) is 0. The molecule has 1 amide bonds. The summed E-state index contributed by atoms with van der Waals surface area (Å²) in [5.41, 5.74) is 5.05. The topological polar surface area (TPSA) is 55.1 Å². The van der Waals surface area contributed by atoms with Gasteiger partial charge in [0.15, 0.2) is 0 Å². The lowest BCUT2D eigenvalue weighted by Crippen LogP contribution is -2.39. The average Bonchev–Trinajstić information content (AvgIpc) is 2.11. The molecule has 0 aromatic heterocycles. The average molecular weight is 168 g/mol. The summed E-state index contributed by atoms with van der Waals surface area (Å²) in [4.78, 5) is 10.5. The van der Waals surface area contributed by atoms with Gasteiger partial charge in [-0.25, -0.2) is 0 Å². The van der Waals surface area contributed by atoms with Crippen LogP contribution in [-0.4, -0.2) is 24.2 Å². The van der Waals surface area contributed by atoms with E-state index in [0.29, 0.717) is 0 Å². The number of amides is 1. The second-order valence-corrected chi connectivity index (χ2v) is 2.44. The lowest BCUT2D eigenvalue weighted by Gasteiger charge is -2.13. The van der Waals surface area contributed by atoms with Crippen LogP contribution in [0.1, 0.15) is 6.42 Å². The van der Waals surface area contributed by atoms with Crippen LogP contribution in [0.3, 0.4) is 0 Å². The summed E-state index contributed by atoms with van der Waals surface area (Å²) >= 11 is 0. The molecular formula is C5H7F3N2O. The minimum Gasteiger partial charge on any atom is -0.343 e. The highest BCUT2D eigenvalue weighted by Crippen LogP contribution is 2.26. The van der Waals surface area contributed by atoms with E-state index in [1.807, 2.05) is 0 Å². The summed E-state index contributed by atoms with van der Waals surface area (Å²) in [6.45, 7) is 0. The zero-order chi connectivity index (χ0) is 8.65. The molecule has 0 bridgehead atoms. The predicted molar refractivity (Wildman–Crippen MR) is 30.6 cm³/mol. The van der Waals surface area contributed by atoms with Gasteiger partial charge in [-0.2, -0.15) is 13.2 Å². The molecule has 0 unspecified atom stereocenters. The van der Waals surface area contributed by atoms with Crippen molar-refractivity contribution in [1.82, 2.24) is 5.32 Å². The number of rotatable bonds is 0. The van der Waals surface area contributed by atoms with E-state index in [4.69, 9.17) is 5.73 Å². The zero-order valence-electron chi connectivity index (χ0n) is 5.48. The molecular weight excluding hydrogens is 161 g/mol. The molecule has 0 spiro atoms. The summed E-state index contributed by atoms with van der Waals surface area (Å²) in [5, 5.41) is 1.75. The molecule has 0 saturated carbocycles. The van der Waals surface area contributed by atoms with E-state index >= 15 is 0 Å². The monoisotopic (exact) mass is 168 g/mol. The number of nitrogens with two attached hydrogens (primary N) is 1. The normalized spacial score (nSPS) is 32.2. The highest BCUT2D eigenvalue weighted by atomic mass is 19.4. The number of hydrogen-bond acceptors (Lipinski definition) is 2. The lowest BCUT2D eigenvalue weighted by atomic mass is 10.2. The third kappa shape index (κ3) is 1.62. The van der Waals surface area contributed by atoms with E-state index in [9.17, 15) is 18.0 Å². The Labute approximate surface area is 60.7 Å². The Morgan fingerprint density at radius 1 is 1.55 bits per heavy atom. The Morgan fingerprint density at radius 3 is 2.27 bits per heavy atom. The van der Waals surface area contributed by atoms with E-state index in [1.54, 1.807) is 5.32 Å². The maximum Gasteiger partial charge on any atom is 0.408 e. The molecule has 0 radical (unpaired) electrons. The number of alkyl halides is 3. The van der Waals surface area contributed by atoms with Crippen molar-refractivity contribution in [2.45, 2.75) is 24.7 Å². The minimum atomic E-state index is -4.37. The summed E-state index contributed by atoms with van der Waals surface area (Å²) in [6.07, 6.45) is -4.73. The van der Waals surface area contributed by atoms with Crippen molar-refractivity contribution in [3.8, 4) is 0 Å². The molecule has 64 valence electrons. The van der Waals surface area contributed by atoms with Gasteiger partial charge in [-0.15, -0.1) is 0 Å². The molecule has 0 aromatic carbocycles. The van der Waals surface area contributed by atoms with Gasteiger partial charge in [0.2, 0.25) is 5.91 Å². The molecule has 3 nitrogen and oxygen atoms in total. The predicted octanol–water partition coefficient (Wildman–Crippen LogP) is -0.236. The van der Waals surface area contributed by atoms with Crippen LogP contribution in [0, 0.1) is 0 Å². The van der Waals surface area contributed by atoms with E-state index < -0.39 is 24.2 Å². The fourth-order valence-corrected chi connectivity index (χ4v) is 0.914. The van der Waals surface area contributed by atoms with Gasteiger partial charge in [0, 0.05) is 6.42 Å².